The van der Waals surface area contributed by atoms with Crippen molar-refractivity contribution in [3.8, 4) is 0 Å². The molecule has 1 aromatic rings. The van der Waals surface area contributed by atoms with Gasteiger partial charge < -0.3 is 11.1 Å². The Labute approximate surface area is 92.9 Å². The molecule has 0 aromatic heterocycles. The van der Waals surface area contributed by atoms with Gasteiger partial charge in [0, 0.05) is 12.2 Å². The normalized spacial score (nSPS) is 11.5. The molecule has 0 radical (unpaired) electrons. The van der Waals surface area contributed by atoms with Crippen molar-refractivity contribution in [2.45, 2.75) is 27.2 Å². The monoisotopic (exact) mass is 206 g/mol. The molecule has 2 nitrogen and oxygen atoms in total. The van der Waals surface area contributed by atoms with Crippen LogP contribution in [0.15, 0.2) is 24.3 Å². The molecule has 0 amide bonds. The lowest BCUT2D eigenvalue weighted by molar-refractivity contribution is 0.405. The first-order valence-electron chi connectivity index (χ1n) is 5.61. The highest BCUT2D eigenvalue weighted by molar-refractivity contribution is 5.51. The molecule has 0 unspecified atom stereocenters. The quantitative estimate of drug-likeness (QED) is 0.777. The highest BCUT2D eigenvalue weighted by Crippen LogP contribution is 2.19. The summed E-state index contributed by atoms with van der Waals surface area (Å²) < 4.78 is 0. The number of nitrogens with one attached hydrogen (secondary N) is 1. The molecule has 0 spiro atoms. The zero-order valence-electron chi connectivity index (χ0n) is 10.0. The summed E-state index contributed by atoms with van der Waals surface area (Å²) in [5, 5.41) is 3.48. The maximum Gasteiger partial charge on any atom is 0.0372 e. The van der Waals surface area contributed by atoms with Crippen LogP contribution in [0, 0.1) is 5.41 Å². The maximum absolute atomic E-state index is 5.70. The minimum absolute atomic E-state index is 0.154. The average Bonchev–Trinajstić information content (AvgIpc) is 2.27. The Morgan fingerprint density at radius 1 is 1.27 bits per heavy atom. The van der Waals surface area contributed by atoms with Gasteiger partial charge in [-0.25, -0.2) is 0 Å². The third-order valence-electron chi connectivity index (χ3n) is 2.71. The van der Waals surface area contributed by atoms with Crippen LogP contribution in [0.2, 0.25) is 0 Å². The van der Waals surface area contributed by atoms with Crippen LogP contribution in [0.5, 0.6) is 0 Å². The first-order valence-corrected chi connectivity index (χ1v) is 5.61. The summed E-state index contributed by atoms with van der Waals surface area (Å²) in [6.07, 6.45) is 1.06. The van der Waals surface area contributed by atoms with E-state index in [1.54, 1.807) is 0 Å². The molecule has 0 aliphatic rings. The van der Waals surface area contributed by atoms with Crippen LogP contribution >= 0.6 is 0 Å². The van der Waals surface area contributed by atoms with E-state index in [0.29, 0.717) is 6.54 Å². The maximum atomic E-state index is 5.70. The summed E-state index contributed by atoms with van der Waals surface area (Å²) in [5.74, 6) is 0. The Morgan fingerprint density at radius 2 is 1.93 bits per heavy atom. The van der Waals surface area contributed by atoms with Crippen molar-refractivity contribution in [3.05, 3.63) is 29.8 Å². The first-order chi connectivity index (χ1) is 7.09. The summed E-state index contributed by atoms with van der Waals surface area (Å²) in [7, 11) is 0. The van der Waals surface area contributed by atoms with Gasteiger partial charge in [0.05, 0.1) is 0 Å². The van der Waals surface area contributed by atoms with Crippen molar-refractivity contribution in [1.29, 1.82) is 0 Å². The van der Waals surface area contributed by atoms with Gasteiger partial charge in [-0.2, -0.15) is 0 Å². The predicted molar refractivity (Wildman–Crippen MR) is 67.1 cm³/mol. The lowest BCUT2D eigenvalue weighted by Crippen LogP contribution is -2.31. The van der Waals surface area contributed by atoms with Crippen LogP contribution in [-0.4, -0.2) is 13.1 Å². The second kappa shape index (κ2) is 5.17. The zero-order valence-corrected chi connectivity index (χ0v) is 10.0. The summed E-state index contributed by atoms with van der Waals surface area (Å²) in [4.78, 5) is 0. The third-order valence-corrected chi connectivity index (χ3v) is 2.71. The van der Waals surface area contributed by atoms with E-state index in [9.17, 15) is 0 Å². The molecule has 0 bridgehead atoms. The molecular formula is C13H22N2. The minimum Gasteiger partial charge on any atom is -0.384 e. The molecule has 3 N–H and O–H groups in total. The number of para-hydroxylation sites is 1. The van der Waals surface area contributed by atoms with Gasteiger partial charge in [-0.1, -0.05) is 39.0 Å². The van der Waals surface area contributed by atoms with Crippen molar-refractivity contribution < 1.29 is 0 Å². The Bertz CT molecular complexity index is 305. The van der Waals surface area contributed by atoms with E-state index in [1.807, 2.05) is 0 Å². The average molecular weight is 206 g/mol. The van der Waals surface area contributed by atoms with E-state index in [-0.39, 0.29) is 5.41 Å². The molecule has 0 atom stereocenters. The van der Waals surface area contributed by atoms with E-state index in [0.717, 1.165) is 13.0 Å². The molecule has 1 aromatic carbocycles. The topological polar surface area (TPSA) is 38.0 Å². The van der Waals surface area contributed by atoms with Crippen LogP contribution < -0.4 is 11.1 Å². The van der Waals surface area contributed by atoms with Gasteiger partial charge in [-0.3, -0.25) is 0 Å². The number of anilines is 1. The van der Waals surface area contributed by atoms with Crippen LogP contribution in [0.25, 0.3) is 0 Å². The summed E-state index contributed by atoms with van der Waals surface area (Å²) in [6, 6.07) is 8.44. The molecule has 0 saturated carbocycles. The number of aryl methyl sites for hydroxylation is 1. The smallest absolute Gasteiger partial charge is 0.0372 e. The molecule has 15 heavy (non-hydrogen) atoms. The molecule has 2 heteroatoms. The van der Waals surface area contributed by atoms with Crippen molar-refractivity contribution >= 4 is 5.69 Å². The van der Waals surface area contributed by atoms with Gasteiger partial charge in [0.15, 0.2) is 0 Å². The van der Waals surface area contributed by atoms with Crippen molar-refractivity contribution in [2.24, 2.45) is 11.1 Å². The molecule has 0 saturated heterocycles. The molecule has 0 aliphatic carbocycles. The van der Waals surface area contributed by atoms with E-state index in [4.69, 9.17) is 5.73 Å². The molecule has 0 aliphatic heterocycles. The predicted octanol–water partition coefficient (Wildman–Crippen LogP) is 2.65. The number of hydrogen-bond acceptors (Lipinski definition) is 2. The minimum atomic E-state index is 0.154. The van der Waals surface area contributed by atoms with Gasteiger partial charge in [0.25, 0.3) is 0 Å². The van der Waals surface area contributed by atoms with Crippen LogP contribution in [0.3, 0.4) is 0 Å². The number of hydrogen-bond donors (Lipinski definition) is 2. The van der Waals surface area contributed by atoms with Crippen molar-refractivity contribution in [2.75, 3.05) is 18.4 Å². The summed E-state index contributed by atoms with van der Waals surface area (Å²) in [5.41, 5.74) is 8.46. The van der Waals surface area contributed by atoms with Crippen molar-refractivity contribution in [1.82, 2.24) is 0 Å². The summed E-state index contributed by atoms with van der Waals surface area (Å²) >= 11 is 0. The fourth-order valence-corrected chi connectivity index (χ4v) is 1.41. The largest absolute Gasteiger partial charge is 0.384 e. The van der Waals surface area contributed by atoms with Gasteiger partial charge in [0.1, 0.15) is 0 Å². The molecular weight excluding hydrogens is 184 g/mol. The van der Waals surface area contributed by atoms with E-state index < -0.39 is 0 Å². The standard InChI is InChI=1S/C13H22N2/c1-4-11-7-5-6-8-12(11)15-10-13(2,3)9-14/h5-8,15H,4,9-10,14H2,1-3H3. The zero-order chi connectivity index (χ0) is 11.3. The second-order valence-electron chi connectivity index (χ2n) is 4.73. The van der Waals surface area contributed by atoms with Crippen LogP contribution in [0.1, 0.15) is 26.3 Å². The van der Waals surface area contributed by atoms with E-state index in [1.165, 1.54) is 11.3 Å². The second-order valence-corrected chi connectivity index (χ2v) is 4.73. The Hall–Kier alpha value is -1.02. The van der Waals surface area contributed by atoms with Crippen molar-refractivity contribution in [3.63, 3.8) is 0 Å². The number of nitrogens with two attached hydrogens (primary N) is 1. The van der Waals surface area contributed by atoms with Crippen LogP contribution in [-0.2, 0) is 6.42 Å². The number of benzene rings is 1. The van der Waals surface area contributed by atoms with E-state index in [2.05, 4.69) is 50.4 Å². The fraction of sp³-hybridized carbons (Fsp3) is 0.538. The lowest BCUT2D eigenvalue weighted by atomic mass is 9.93. The van der Waals surface area contributed by atoms with E-state index >= 15 is 0 Å². The molecule has 84 valence electrons. The highest BCUT2D eigenvalue weighted by atomic mass is 14.9. The molecule has 0 heterocycles. The summed E-state index contributed by atoms with van der Waals surface area (Å²) in [6.45, 7) is 8.15. The SMILES string of the molecule is CCc1ccccc1NCC(C)(C)CN. The Balaban J connectivity index is 2.65. The molecule has 1 rings (SSSR count). The fourth-order valence-electron chi connectivity index (χ4n) is 1.41. The number of rotatable bonds is 5. The first kappa shape index (κ1) is 12.1. The van der Waals surface area contributed by atoms with Gasteiger partial charge >= 0.3 is 0 Å². The molecule has 0 fully saturated rings. The highest BCUT2D eigenvalue weighted by Gasteiger charge is 2.15. The Kier molecular flexibility index (Phi) is 4.15. The third kappa shape index (κ3) is 3.56. The Morgan fingerprint density at radius 3 is 2.53 bits per heavy atom. The van der Waals surface area contributed by atoms with Gasteiger partial charge in [-0.05, 0) is 30.0 Å². The lowest BCUT2D eigenvalue weighted by Gasteiger charge is -2.24. The van der Waals surface area contributed by atoms with Gasteiger partial charge in [-0.15, -0.1) is 0 Å². The van der Waals surface area contributed by atoms with Gasteiger partial charge in [0.2, 0.25) is 0 Å². The van der Waals surface area contributed by atoms with Crippen LogP contribution in [0.4, 0.5) is 5.69 Å².